The first-order valence-electron chi connectivity index (χ1n) is 10.8. The number of aliphatic imine (C=N–C) groups is 1. The molecule has 0 aliphatic carbocycles. The zero-order valence-corrected chi connectivity index (χ0v) is 19.0. The van der Waals surface area contributed by atoms with Gasteiger partial charge >= 0.3 is 0 Å². The summed E-state index contributed by atoms with van der Waals surface area (Å²) < 4.78 is 22.0. The van der Waals surface area contributed by atoms with Crippen molar-refractivity contribution in [3.8, 4) is 17.2 Å². The molecule has 2 aliphatic rings. The Morgan fingerprint density at radius 2 is 1.74 bits per heavy atom. The molecule has 0 radical (unpaired) electrons. The summed E-state index contributed by atoms with van der Waals surface area (Å²) in [4.78, 5) is 21.5. The molecule has 1 N–H and O–H groups in total. The minimum atomic E-state index is -0.261. The van der Waals surface area contributed by atoms with Gasteiger partial charge in [0.25, 0.3) is 5.91 Å². The molecule has 2 fully saturated rings. The van der Waals surface area contributed by atoms with E-state index in [1.807, 2.05) is 24.0 Å². The number of piperazine rings is 1. The van der Waals surface area contributed by atoms with E-state index in [2.05, 4.69) is 10.2 Å². The van der Waals surface area contributed by atoms with Crippen LogP contribution in [0.25, 0.3) is 0 Å². The molecule has 172 valence electrons. The van der Waals surface area contributed by atoms with E-state index in [4.69, 9.17) is 23.9 Å². The molecule has 0 saturated carbocycles. The molecule has 9 nitrogen and oxygen atoms in total. The van der Waals surface area contributed by atoms with E-state index < -0.39 is 0 Å². The molecular weight excluding hydrogens is 400 g/mol. The number of rotatable bonds is 7. The van der Waals surface area contributed by atoms with E-state index in [-0.39, 0.29) is 12.0 Å². The third-order valence-corrected chi connectivity index (χ3v) is 5.63. The highest BCUT2D eigenvalue weighted by Gasteiger charge is 2.31. The fourth-order valence-electron chi connectivity index (χ4n) is 3.93. The lowest BCUT2D eigenvalue weighted by Gasteiger charge is -2.37. The van der Waals surface area contributed by atoms with E-state index in [0.29, 0.717) is 43.5 Å². The van der Waals surface area contributed by atoms with E-state index in [1.54, 1.807) is 21.3 Å². The lowest BCUT2D eigenvalue weighted by molar-refractivity contribution is -0.142. The maximum Gasteiger partial charge on any atom is 0.251 e. The first-order chi connectivity index (χ1) is 15.1. The average molecular weight is 435 g/mol. The van der Waals surface area contributed by atoms with Crippen molar-refractivity contribution in [3.05, 3.63) is 17.7 Å². The Balaban J connectivity index is 1.69. The van der Waals surface area contributed by atoms with Gasteiger partial charge in [0, 0.05) is 51.5 Å². The normalized spacial score (nSPS) is 19.4. The SMILES string of the molecule is CCNC(=NCc1c(OC)cc(OC)cc1OC)N1CCN(C(=O)C2CCCO2)CC1. The highest BCUT2D eigenvalue weighted by atomic mass is 16.5. The van der Waals surface area contributed by atoms with Crippen LogP contribution in [0, 0.1) is 0 Å². The van der Waals surface area contributed by atoms with Gasteiger partial charge in [-0.25, -0.2) is 4.99 Å². The molecule has 0 bridgehead atoms. The standard InChI is InChI=1S/C22H34N4O5/c1-5-23-22(24-15-17-19(29-3)13-16(28-2)14-20(17)30-4)26-10-8-25(9-11-26)21(27)18-7-6-12-31-18/h13-14,18H,5-12,15H2,1-4H3,(H,23,24). The van der Waals surface area contributed by atoms with Crippen molar-refractivity contribution < 1.29 is 23.7 Å². The summed E-state index contributed by atoms with van der Waals surface area (Å²) in [5.41, 5.74) is 0.855. The zero-order chi connectivity index (χ0) is 22.2. The van der Waals surface area contributed by atoms with Gasteiger partial charge in [0.1, 0.15) is 23.4 Å². The lowest BCUT2D eigenvalue weighted by atomic mass is 10.1. The molecule has 1 amide bonds. The molecule has 3 rings (SSSR count). The predicted octanol–water partition coefficient (Wildman–Crippen LogP) is 1.50. The number of methoxy groups -OCH3 is 3. The van der Waals surface area contributed by atoms with Gasteiger partial charge in [-0.2, -0.15) is 0 Å². The minimum absolute atomic E-state index is 0.117. The van der Waals surface area contributed by atoms with Crippen LogP contribution >= 0.6 is 0 Å². The van der Waals surface area contributed by atoms with Gasteiger partial charge in [0.15, 0.2) is 5.96 Å². The molecule has 31 heavy (non-hydrogen) atoms. The molecule has 0 spiro atoms. The second kappa shape index (κ2) is 11.1. The molecule has 1 aromatic carbocycles. The third-order valence-electron chi connectivity index (χ3n) is 5.63. The van der Waals surface area contributed by atoms with Gasteiger partial charge in [-0.3, -0.25) is 4.79 Å². The Bertz CT molecular complexity index is 746. The Kier molecular flexibility index (Phi) is 8.22. The quantitative estimate of drug-likeness (QED) is 0.514. The van der Waals surface area contributed by atoms with Gasteiger partial charge in [-0.05, 0) is 19.8 Å². The minimum Gasteiger partial charge on any atom is -0.496 e. The Hall–Kier alpha value is -2.68. The predicted molar refractivity (Wildman–Crippen MR) is 118 cm³/mol. The molecule has 2 heterocycles. The fourth-order valence-corrected chi connectivity index (χ4v) is 3.93. The van der Waals surface area contributed by atoms with Crippen molar-refractivity contribution in [1.29, 1.82) is 0 Å². The Morgan fingerprint density at radius 1 is 1.10 bits per heavy atom. The van der Waals surface area contributed by atoms with Crippen LogP contribution in [-0.4, -0.2) is 88.4 Å². The number of ether oxygens (including phenoxy) is 4. The van der Waals surface area contributed by atoms with Crippen LogP contribution in [0.1, 0.15) is 25.3 Å². The molecule has 1 atom stereocenters. The molecule has 2 saturated heterocycles. The monoisotopic (exact) mass is 434 g/mol. The van der Waals surface area contributed by atoms with Crippen molar-refractivity contribution in [2.45, 2.75) is 32.4 Å². The lowest BCUT2D eigenvalue weighted by Crippen LogP contribution is -2.55. The highest BCUT2D eigenvalue weighted by Crippen LogP contribution is 2.34. The van der Waals surface area contributed by atoms with Crippen molar-refractivity contribution in [1.82, 2.24) is 15.1 Å². The summed E-state index contributed by atoms with van der Waals surface area (Å²) in [5, 5.41) is 3.36. The van der Waals surface area contributed by atoms with Crippen LogP contribution in [0.3, 0.4) is 0 Å². The van der Waals surface area contributed by atoms with E-state index in [0.717, 1.165) is 44.0 Å². The summed E-state index contributed by atoms with van der Waals surface area (Å²) >= 11 is 0. The molecule has 1 unspecified atom stereocenters. The van der Waals surface area contributed by atoms with Crippen molar-refractivity contribution in [3.63, 3.8) is 0 Å². The van der Waals surface area contributed by atoms with Crippen LogP contribution in [0.5, 0.6) is 17.2 Å². The average Bonchev–Trinajstić information content (AvgIpc) is 3.36. The molecule has 1 aromatic rings. The number of hydrogen-bond acceptors (Lipinski definition) is 6. The van der Waals surface area contributed by atoms with Crippen molar-refractivity contribution >= 4 is 11.9 Å². The fraction of sp³-hybridized carbons (Fsp3) is 0.636. The van der Waals surface area contributed by atoms with Crippen molar-refractivity contribution in [2.24, 2.45) is 4.99 Å². The van der Waals surface area contributed by atoms with E-state index in [9.17, 15) is 4.79 Å². The molecule has 9 heteroatoms. The summed E-state index contributed by atoms with van der Waals surface area (Å²) in [6, 6.07) is 3.66. The smallest absolute Gasteiger partial charge is 0.251 e. The number of nitrogens with zero attached hydrogens (tertiary/aromatic N) is 3. The number of carbonyl (C=O) groups is 1. The zero-order valence-electron chi connectivity index (χ0n) is 19.0. The largest absolute Gasteiger partial charge is 0.496 e. The number of benzene rings is 1. The summed E-state index contributed by atoms with van der Waals surface area (Å²) in [6.45, 7) is 6.66. The molecule has 2 aliphatic heterocycles. The second-order valence-corrected chi connectivity index (χ2v) is 7.49. The van der Waals surface area contributed by atoms with Gasteiger partial charge in [0.2, 0.25) is 0 Å². The van der Waals surface area contributed by atoms with Crippen LogP contribution in [0.15, 0.2) is 17.1 Å². The first-order valence-corrected chi connectivity index (χ1v) is 10.8. The van der Waals surface area contributed by atoms with Crippen LogP contribution in [0.4, 0.5) is 0 Å². The van der Waals surface area contributed by atoms with E-state index >= 15 is 0 Å². The van der Waals surface area contributed by atoms with Gasteiger partial charge in [0.05, 0.1) is 33.4 Å². The summed E-state index contributed by atoms with van der Waals surface area (Å²) in [6.07, 6.45) is 1.53. The third kappa shape index (κ3) is 5.52. The molecule has 0 aromatic heterocycles. The summed E-state index contributed by atoms with van der Waals surface area (Å²) in [7, 11) is 4.85. The topological polar surface area (TPSA) is 84.9 Å². The highest BCUT2D eigenvalue weighted by molar-refractivity contribution is 5.83. The van der Waals surface area contributed by atoms with Crippen molar-refractivity contribution in [2.75, 3.05) is 60.7 Å². The van der Waals surface area contributed by atoms with Crippen LogP contribution in [-0.2, 0) is 16.1 Å². The number of carbonyl (C=O) groups excluding carboxylic acids is 1. The number of nitrogens with one attached hydrogen (secondary N) is 1. The van der Waals surface area contributed by atoms with Gasteiger partial charge in [-0.15, -0.1) is 0 Å². The van der Waals surface area contributed by atoms with Crippen LogP contribution in [0.2, 0.25) is 0 Å². The number of hydrogen-bond donors (Lipinski definition) is 1. The number of guanidine groups is 1. The Morgan fingerprint density at radius 3 is 2.26 bits per heavy atom. The van der Waals surface area contributed by atoms with Gasteiger partial charge in [-0.1, -0.05) is 0 Å². The number of amides is 1. The first kappa shape index (κ1) is 23.0. The van der Waals surface area contributed by atoms with Gasteiger partial charge < -0.3 is 34.1 Å². The molecular formula is C22H34N4O5. The summed E-state index contributed by atoms with van der Waals surface area (Å²) in [5.74, 6) is 2.93. The second-order valence-electron chi connectivity index (χ2n) is 7.49. The maximum absolute atomic E-state index is 12.6. The van der Waals surface area contributed by atoms with E-state index in [1.165, 1.54) is 0 Å². The van der Waals surface area contributed by atoms with Crippen LogP contribution < -0.4 is 19.5 Å². The maximum atomic E-state index is 12.6. The Labute approximate surface area is 184 Å².